The zero-order valence-electron chi connectivity index (χ0n) is 12.6. The molecule has 3 heteroatoms. The van der Waals surface area contributed by atoms with E-state index in [-0.39, 0.29) is 6.10 Å². The SMILES string of the molecule is COc1ccc2c(c1)C(O)C(Oc1cccc(C)c1C)C2. The van der Waals surface area contributed by atoms with Crippen molar-refractivity contribution >= 4 is 0 Å². The standard InChI is InChI=1S/C18H20O3/c1-11-5-4-6-16(12(11)2)21-17-9-13-7-8-14(20-3)10-15(13)18(17)19/h4-8,10,17-19H,9H2,1-3H3. The molecular weight excluding hydrogens is 264 g/mol. The summed E-state index contributed by atoms with van der Waals surface area (Å²) >= 11 is 0. The summed E-state index contributed by atoms with van der Waals surface area (Å²) in [5.41, 5.74) is 4.35. The summed E-state index contributed by atoms with van der Waals surface area (Å²) in [4.78, 5) is 0. The molecule has 0 aromatic heterocycles. The maximum atomic E-state index is 10.5. The van der Waals surface area contributed by atoms with Crippen LogP contribution in [0.3, 0.4) is 0 Å². The first kappa shape index (κ1) is 14.0. The summed E-state index contributed by atoms with van der Waals surface area (Å²) < 4.78 is 11.3. The van der Waals surface area contributed by atoms with Crippen molar-refractivity contribution in [1.82, 2.24) is 0 Å². The van der Waals surface area contributed by atoms with Gasteiger partial charge in [0.05, 0.1) is 7.11 Å². The van der Waals surface area contributed by atoms with Gasteiger partial charge < -0.3 is 14.6 Å². The largest absolute Gasteiger partial charge is 0.497 e. The van der Waals surface area contributed by atoms with E-state index in [1.165, 1.54) is 5.56 Å². The number of hydrogen-bond acceptors (Lipinski definition) is 3. The number of hydrogen-bond donors (Lipinski definition) is 1. The van der Waals surface area contributed by atoms with Crippen LogP contribution in [0.4, 0.5) is 0 Å². The molecule has 0 bridgehead atoms. The Bertz CT molecular complexity index is 664. The number of aryl methyl sites for hydroxylation is 1. The number of aliphatic hydroxyl groups excluding tert-OH is 1. The van der Waals surface area contributed by atoms with Crippen molar-refractivity contribution in [2.24, 2.45) is 0 Å². The van der Waals surface area contributed by atoms with Gasteiger partial charge >= 0.3 is 0 Å². The molecule has 0 radical (unpaired) electrons. The van der Waals surface area contributed by atoms with Crippen molar-refractivity contribution in [3.8, 4) is 11.5 Å². The molecule has 110 valence electrons. The molecular formula is C18H20O3. The van der Waals surface area contributed by atoms with Crippen molar-refractivity contribution in [2.75, 3.05) is 7.11 Å². The Morgan fingerprint density at radius 2 is 1.95 bits per heavy atom. The lowest BCUT2D eigenvalue weighted by atomic mass is 10.1. The molecule has 0 heterocycles. The molecule has 3 nitrogen and oxygen atoms in total. The molecule has 0 aliphatic heterocycles. The summed E-state index contributed by atoms with van der Waals surface area (Å²) in [7, 11) is 1.63. The Morgan fingerprint density at radius 3 is 2.71 bits per heavy atom. The number of benzene rings is 2. The minimum atomic E-state index is -0.616. The predicted molar refractivity (Wildman–Crippen MR) is 82.0 cm³/mol. The van der Waals surface area contributed by atoms with Gasteiger partial charge in [-0.25, -0.2) is 0 Å². The second-order valence-corrected chi connectivity index (χ2v) is 5.57. The molecule has 0 amide bonds. The van der Waals surface area contributed by atoms with Gasteiger partial charge in [-0.05, 0) is 54.3 Å². The number of aliphatic hydroxyl groups is 1. The highest BCUT2D eigenvalue weighted by molar-refractivity contribution is 5.43. The van der Waals surface area contributed by atoms with E-state index in [2.05, 4.69) is 13.0 Å². The molecule has 1 aliphatic rings. The molecule has 2 aromatic carbocycles. The first-order valence-electron chi connectivity index (χ1n) is 7.18. The van der Waals surface area contributed by atoms with E-state index in [4.69, 9.17) is 9.47 Å². The summed E-state index contributed by atoms with van der Waals surface area (Å²) in [6.07, 6.45) is -0.143. The molecule has 0 fully saturated rings. The zero-order valence-corrected chi connectivity index (χ0v) is 12.6. The van der Waals surface area contributed by atoms with Crippen LogP contribution in [0.2, 0.25) is 0 Å². The van der Waals surface area contributed by atoms with Crippen LogP contribution in [-0.4, -0.2) is 18.3 Å². The Hall–Kier alpha value is -2.00. The average molecular weight is 284 g/mol. The molecule has 0 saturated heterocycles. The summed E-state index contributed by atoms with van der Waals surface area (Å²) in [5, 5.41) is 10.5. The molecule has 1 aliphatic carbocycles. The van der Waals surface area contributed by atoms with Crippen molar-refractivity contribution < 1.29 is 14.6 Å². The van der Waals surface area contributed by atoms with Crippen LogP contribution in [-0.2, 0) is 6.42 Å². The minimum absolute atomic E-state index is 0.243. The fourth-order valence-electron chi connectivity index (χ4n) is 2.81. The summed E-state index contributed by atoms with van der Waals surface area (Å²) in [6.45, 7) is 4.11. The van der Waals surface area contributed by atoms with Gasteiger partial charge in [-0.2, -0.15) is 0 Å². The number of fused-ring (bicyclic) bond motifs is 1. The first-order chi connectivity index (χ1) is 10.1. The lowest BCUT2D eigenvalue weighted by molar-refractivity contribution is 0.0488. The molecule has 0 spiro atoms. The highest BCUT2D eigenvalue weighted by atomic mass is 16.5. The maximum absolute atomic E-state index is 10.5. The Balaban J connectivity index is 1.84. The Kier molecular flexibility index (Phi) is 3.60. The van der Waals surface area contributed by atoms with Gasteiger partial charge in [0.25, 0.3) is 0 Å². The van der Waals surface area contributed by atoms with Crippen LogP contribution in [0.1, 0.15) is 28.4 Å². The Morgan fingerprint density at radius 1 is 1.14 bits per heavy atom. The summed E-state index contributed by atoms with van der Waals surface area (Å²) in [5.74, 6) is 1.61. The minimum Gasteiger partial charge on any atom is -0.497 e. The average Bonchev–Trinajstić information content (AvgIpc) is 2.80. The quantitative estimate of drug-likeness (QED) is 0.939. The molecule has 1 N–H and O–H groups in total. The number of methoxy groups -OCH3 is 1. The molecule has 2 unspecified atom stereocenters. The number of ether oxygens (including phenoxy) is 2. The monoisotopic (exact) mass is 284 g/mol. The second-order valence-electron chi connectivity index (χ2n) is 5.57. The van der Waals surface area contributed by atoms with Gasteiger partial charge in [-0.1, -0.05) is 18.2 Å². The van der Waals surface area contributed by atoms with Crippen molar-refractivity contribution in [1.29, 1.82) is 0 Å². The topological polar surface area (TPSA) is 38.7 Å². The second kappa shape index (κ2) is 5.41. The van der Waals surface area contributed by atoms with Gasteiger partial charge in [0.1, 0.15) is 23.7 Å². The van der Waals surface area contributed by atoms with Crippen molar-refractivity contribution in [3.05, 3.63) is 58.7 Å². The fraction of sp³-hybridized carbons (Fsp3) is 0.333. The lowest BCUT2D eigenvalue weighted by Gasteiger charge is -2.19. The van der Waals surface area contributed by atoms with Crippen LogP contribution < -0.4 is 9.47 Å². The van der Waals surface area contributed by atoms with Gasteiger partial charge in [-0.15, -0.1) is 0 Å². The molecule has 2 atom stereocenters. The third-order valence-corrected chi connectivity index (χ3v) is 4.28. The van der Waals surface area contributed by atoms with Crippen LogP contribution in [0, 0.1) is 13.8 Å². The normalized spacial score (nSPS) is 20.2. The third-order valence-electron chi connectivity index (χ3n) is 4.28. The van der Waals surface area contributed by atoms with Gasteiger partial charge in [0, 0.05) is 6.42 Å². The van der Waals surface area contributed by atoms with Gasteiger partial charge in [-0.3, -0.25) is 0 Å². The maximum Gasteiger partial charge on any atom is 0.133 e. The van der Waals surface area contributed by atoms with Gasteiger partial charge in [0.15, 0.2) is 0 Å². The summed E-state index contributed by atoms with van der Waals surface area (Å²) in [6, 6.07) is 11.8. The molecule has 21 heavy (non-hydrogen) atoms. The van der Waals surface area contributed by atoms with Crippen LogP contribution >= 0.6 is 0 Å². The third kappa shape index (κ3) is 2.49. The van der Waals surface area contributed by atoms with E-state index in [1.54, 1.807) is 7.11 Å². The lowest BCUT2D eigenvalue weighted by Crippen LogP contribution is -2.22. The van der Waals surface area contributed by atoms with Gasteiger partial charge in [0.2, 0.25) is 0 Å². The molecule has 2 aromatic rings. The first-order valence-corrected chi connectivity index (χ1v) is 7.18. The van der Waals surface area contributed by atoms with E-state index in [0.29, 0.717) is 6.42 Å². The Labute approximate surface area is 125 Å². The van der Waals surface area contributed by atoms with E-state index >= 15 is 0 Å². The van der Waals surface area contributed by atoms with E-state index in [1.807, 2.05) is 37.3 Å². The van der Waals surface area contributed by atoms with E-state index < -0.39 is 6.10 Å². The number of rotatable bonds is 3. The van der Waals surface area contributed by atoms with Crippen molar-refractivity contribution in [3.63, 3.8) is 0 Å². The highest BCUT2D eigenvalue weighted by Crippen LogP contribution is 2.37. The molecule has 3 rings (SSSR count). The van der Waals surface area contributed by atoms with Crippen LogP contribution in [0.5, 0.6) is 11.5 Å². The van der Waals surface area contributed by atoms with E-state index in [9.17, 15) is 5.11 Å². The highest BCUT2D eigenvalue weighted by Gasteiger charge is 2.33. The van der Waals surface area contributed by atoms with Crippen LogP contribution in [0.15, 0.2) is 36.4 Å². The molecule has 0 saturated carbocycles. The van der Waals surface area contributed by atoms with E-state index in [0.717, 1.165) is 28.2 Å². The van der Waals surface area contributed by atoms with Crippen molar-refractivity contribution in [2.45, 2.75) is 32.5 Å². The zero-order chi connectivity index (χ0) is 15.0. The smallest absolute Gasteiger partial charge is 0.133 e. The van der Waals surface area contributed by atoms with Crippen LogP contribution in [0.25, 0.3) is 0 Å². The predicted octanol–water partition coefficient (Wildman–Crippen LogP) is 3.35. The fourth-order valence-corrected chi connectivity index (χ4v) is 2.81.